The Morgan fingerprint density at radius 2 is 1.49 bits per heavy atom. The Hall–Kier alpha value is -3.98. The van der Waals surface area contributed by atoms with E-state index in [9.17, 15) is 23.7 Å². The number of amides is 2. The van der Waals surface area contributed by atoms with Gasteiger partial charge in [-0.05, 0) is 34.4 Å². The number of fused-ring (bicyclic) bond motifs is 3. The van der Waals surface area contributed by atoms with Crippen molar-refractivity contribution in [1.82, 2.24) is 5.32 Å². The van der Waals surface area contributed by atoms with Crippen LogP contribution in [-0.2, 0) is 24.1 Å². The summed E-state index contributed by atoms with van der Waals surface area (Å²) in [5, 5.41) is 11.5. The van der Waals surface area contributed by atoms with Crippen LogP contribution >= 0.6 is 0 Å². The number of carbonyl (C=O) groups excluding carboxylic acids is 2. The van der Waals surface area contributed by atoms with Gasteiger partial charge in [0.25, 0.3) is 5.91 Å². The van der Waals surface area contributed by atoms with E-state index in [1.165, 1.54) is 6.26 Å². The summed E-state index contributed by atoms with van der Waals surface area (Å²) in [4.78, 5) is 36.9. The molecule has 0 bridgehead atoms. The molecular formula is C26H24N2O6S. The fraction of sp³-hybridized carbons (Fsp3) is 0.192. The second-order valence-electron chi connectivity index (χ2n) is 8.17. The highest BCUT2D eigenvalue weighted by Gasteiger charge is 2.30. The van der Waals surface area contributed by atoms with E-state index in [0.717, 1.165) is 22.3 Å². The summed E-state index contributed by atoms with van der Waals surface area (Å²) in [5.41, 5.74) is 4.16. The number of aliphatic carboxylic acids is 1. The smallest absolute Gasteiger partial charge is 0.407 e. The Kier molecular flexibility index (Phi) is 6.97. The Balaban J connectivity index is 1.48. The van der Waals surface area contributed by atoms with Crippen LogP contribution in [0.4, 0.5) is 4.79 Å². The van der Waals surface area contributed by atoms with Crippen LogP contribution in [0.3, 0.4) is 0 Å². The van der Waals surface area contributed by atoms with Gasteiger partial charge in [-0.25, -0.2) is 9.00 Å². The van der Waals surface area contributed by atoms with E-state index in [1.807, 2.05) is 48.5 Å². The number of carboxylic acid groups (broad SMARTS) is 1. The number of carbonyl (C=O) groups is 3. The van der Waals surface area contributed by atoms with E-state index in [-0.39, 0.29) is 12.5 Å². The van der Waals surface area contributed by atoms with Crippen LogP contribution in [0.25, 0.3) is 11.1 Å². The van der Waals surface area contributed by atoms with Crippen molar-refractivity contribution in [3.05, 3.63) is 90.0 Å². The average molecular weight is 493 g/mol. The molecule has 0 saturated heterocycles. The van der Waals surface area contributed by atoms with Crippen LogP contribution < -0.4 is 5.32 Å². The number of hydrogen-bond acceptors (Lipinski definition) is 5. The molecule has 2 unspecified atom stereocenters. The fourth-order valence-corrected chi connectivity index (χ4v) is 5.36. The molecule has 1 aliphatic carbocycles. The van der Waals surface area contributed by atoms with E-state index >= 15 is 0 Å². The lowest BCUT2D eigenvalue weighted by molar-refractivity contribution is -0.139. The van der Waals surface area contributed by atoms with Crippen molar-refractivity contribution < 1.29 is 28.4 Å². The molecule has 2 atom stereocenters. The van der Waals surface area contributed by atoms with Gasteiger partial charge in [0, 0.05) is 17.1 Å². The van der Waals surface area contributed by atoms with E-state index in [1.54, 1.807) is 30.3 Å². The van der Waals surface area contributed by atoms with E-state index in [4.69, 9.17) is 4.74 Å². The molecule has 3 aromatic carbocycles. The number of hydrogen-bond donors (Lipinski definition) is 2. The summed E-state index contributed by atoms with van der Waals surface area (Å²) in [6.45, 7) is -0.000475. The third-order valence-electron chi connectivity index (χ3n) is 5.76. The Bertz CT molecular complexity index is 1350. The number of alkyl carbamates (subject to hydrolysis) is 1. The number of nitrogens with zero attached hydrogens (tertiary/aromatic N) is 1. The maximum absolute atomic E-state index is 12.9. The van der Waals surface area contributed by atoms with Crippen LogP contribution in [0.15, 0.2) is 88.1 Å². The molecule has 35 heavy (non-hydrogen) atoms. The summed E-state index contributed by atoms with van der Waals surface area (Å²) in [6, 6.07) is 22.3. The van der Waals surface area contributed by atoms with Crippen LogP contribution in [0.2, 0.25) is 0 Å². The third-order valence-corrected chi connectivity index (χ3v) is 7.43. The van der Waals surface area contributed by atoms with Gasteiger partial charge in [-0.3, -0.25) is 9.59 Å². The zero-order valence-corrected chi connectivity index (χ0v) is 19.7. The molecule has 2 amide bonds. The second kappa shape index (κ2) is 10.1. The summed E-state index contributed by atoms with van der Waals surface area (Å²) < 4.78 is 22.1. The molecule has 0 heterocycles. The van der Waals surface area contributed by atoms with Crippen molar-refractivity contribution in [2.24, 2.45) is 4.36 Å². The van der Waals surface area contributed by atoms with Gasteiger partial charge in [-0.15, -0.1) is 0 Å². The van der Waals surface area contributed by atoms with Gasteiger partial charge in [0.1, 0.15) is 12.6 Å². The van der Waals surface area contributed by atoms with Crippen molar-refractivity contribution >= 4 is 27.7 Å². The molecule has 0 fully saturated rings. The molecule has 2 N–H and O–H groups in total. The topological polar surface area (TPSA) is 122 Å². The molecule has 9 heteroatoms. The van der Waals surface area contributed by atoms with Gasteiger partial charge < -0.3 is 15.2 Å². The largest absolute Gasteiger partial charge is 0.481 e. The lowest BCUT2D eigenvalue weighted by Gasteiger charge is -2.17. The molecule has 0 radical (unpaired) electrons. The second-order valence-corrected chi connectivity index (χ2v) is 10.4. The molecular weight excluding hydrogens is 468 g/mol. The number of nitrogens with one attached hydrogen (secondary N) is 1. The number of benzene rings is 3. The first kappa shape index (κ1) is 24.2. The monoisotopic (exact) mass is 492 g/mol. The maximum atomic E-state index is 12.9. The third kappa shape index (κ3) is 5.41. The lowest BCUT2D eigenvalue weighted by Crippen LogP contribution is -2.42. The first-order valence-electron chi connectivity index (χ1n) is 10.9. The Morgan fingerprint density at radius 1 is 0.943 bits per heavy atom. The van der Waals surface area contributed by atoms with Crippen LogP contribution in [-0.4, -0.2) is 46.2 Å². The maximum Gasteiger partial charge on any atom is 0.407 e. The average Bonchev–Trinajstić information content (AvgIpc) is 3.16. The molecule has 8 nitrogen and oxygen atoms in total. The quantitative estimate of drug-likeness (QED) is 0.513. The molecule has 0 aliphatic heterocycles. The molecule has 1 aliphatic rings. The first-order valence-corrected chi connectivity index (χ1v) is 12.8. The minimum atomic E-state index is -3.13. The van der Waals surface area contributed by atoms with Crippen LogP contribution in [0.1, 0.15) is 23.5 Å². The minimum absolute atomic E-state index is 0.000475. The highest BCUT2D eigenvalue weighted by atomic mass is 32.2. The zero-order valence-electron chi connectivity index (χ0n) is 18.9. The standard InChI is InChI=1S/C26H24N2O6S/c1-35(33,17-9-3-2-4-10-17)28-25(31)23(15-24(29)30)27-26(32)34-16-22-20-13-7-5-11-18(20)19-12-6-8-14-21(19)22/h2-14,22-23H,15-16H2,1H3,(H,27,32)(H,29,30). The fourth-order valence-electron chi connectivity index (χ4n) is 4.12. The Morgan fingerprint density at radius 3 is 2.06 bits per heavy atom. The number of rotatable bonds is 7. The molecule has 4 rings (SSSR count). The molecule has 0 aromatic heterocycles. The van der Waals surface area contributed by atoms with Gasteiger partial charge in [0.05, 0.1) is 16.1 Å². The number of carboxylic acids is 1. The molecule has 0 spiro atoms. The van der Waals surface area contributed by atoms with Crippen LogP contribution in [0.5, 0.6) is 0 Å². The molecule has 180 valence electrons. The summed E-state index contributed by atoms with van der Waals surface area (Å²) in [5.74, 6) is -2.52. The van der Waals surface area contributed by atoms with Crippen molar-refractivity contribution in [2.75, 3.05) is 12.9 Å². The summed E-state index contributed by atoms with van der Waals surface area (Å²) in [6.07, 6.45) is -0.397. The van der Waals surface area contributed by atoms with Gasteiger partial charge in [-0.1, -0.05) is 66.7 Å². The van der Waals surface area contributed by atoms with E-state index in [0.29, 0.717) is 4.90 Å². The minimum Gasteiger partial charge on any atom is -0.481 e. The van der Waals surface area contributed by atoms with E-state index in [2.05, 4.69) is 9.68 Å². The van der Waals surface area contributed by atoms with E-state index < -0.39 is 40.2 Å². The van der Waals surface area contributed by atoms with Gasteiger partial charge in [-0.2, -0.15) is 4.36 Å². The van der Waals surface area contributed by atoms with Crippen molar-refractivity contribution in [3.63, 3.8) is 0 Å². The van der Waals surface area contributed by atoms with Gasteiger partial charge >= 0.3 is 12.1 Å². The lowest BCUT2D eigenvalue weighted by atomic mass is 9.98. The number of ether oxygens (including phenoxy) is 1. The van der Waals surface area contributed by atoms with Crippen molar-refractivity contribution in [3.8, 4) is 11.1 Å². The van der Waals surface area contributed by atoms with Crippen molar-refractivity contribution in [2.45, 2.75) is 23.3 Å². The first-order chi connectivity index (χ1) is 16.8. The summed E-state index contributed by atoms with van der Waals surface area (Å²) in [7, 11) is -3.13. The molecule has 3 aromatic rings. The highest BCUT2D eigenvalue weighted by Crippen LogP contribution is 2.44. The van der Waals surface area contributed by atoms with Crippen molar-refractivity contribution in [1.29, 1.82) is 0 Å². The SMILES string of the molecule is CS(=O)(=NC(=O)C(CC(=O)O)NC(=O)OCC1c2ccccc2-c2ccccc21)c1ccccc1. The summed E-state index contributed by atoms with van der Waals surface area (Å²) >= 11 is 0. The zero-order chi connectivity index (χ0) is 25.0. The predicted molar refractivity (Wildman–Crippen MR) is 130 cm³/mol. The highest BCUT2D eigenvalue weighted by molar-refractivity contribution is 7.93. The Labute approximate surface area is 203 Å². The predicted octanol–water partition coefficient (Wildman–Crippen LogP) is 4.05. The van der Waals surface area contributed by atoms with Gasteiger partial charge in [0.15, 0.2) is 0 Å². The van der Waals surface area contributed by atoms with Gasteiger partial charge in [0.2, 0.25) is 0 Å². The van der Waals surface area contributed by atoms with Crippen LogP contribution in [0, 0.1) is 0 Å². The molecule has 0 saturated carbocycles. The normalized spacial score (nSPS) is 14.7.